The molecule has 0 amide bonds. The average Bonchev–Trinajstić information content (AvgIpc) is 2.57. The first-order valence-corrected chi connectivity index (χ1v) is 5.26. The van der Waals surface area contributed by atoms with E-state index in [9.17, 15) is 9.18 Å². The highest BCUT2D eigenvalue weighted by Crippen LogP contribution is 2.25. The lowest BCUT2D eigenvalue weighted by Gasteiger charge is -2.09. The molecule has 2 rings (SSSR count). The molecule has 82 valence electrons. The van der Waals surface area contributed by atoms with Gasteiger partial charge in [-0.1, -0.05) is 0 Å². The summed E-state index contributed by atoms with van der Waals surface area (Å²) in [7, 11) is 0. The molecule has 0 fully saturated rings. The van der Waals surface area contributed by atoms with Gasteiger partial charge in [0.2, 0.25) is 0 Å². The van der Waals surface area contributed by atoms with Gasteiger partial charge < -0.3 is 9.72 Å². The molecule has 0 unspecified atom stereocenters. The number of aryl methyl sites for hydroxylation is 1. The van der Waals surface area contributed by atoms with Gasteiger partial charge in [0.25, 0.3) is 6.47 Å². The Labute approximate surface area is 87.6 Å². The number of aromatic nitrogens is 1. The van der Waals surface area contributed by atoms with Crippen LogP contribution in [0.4, 0.5) is 4.39 Å². The number of halogens is 1. The van der Waals surface area contributed by atoms with E-state index in [0.29, 0.717) is 18.6 Å². The Balaban J connectivity index is 2.11. The molecule has 0 spiro atoms. The Morgan fingerprint density at radius 1 is 1.40 bits per heavy atom. The maximum atomic E-state index is 13.8. The third kappa shape index (κ3) is 2.03. The molecule has 4 heteroatoms. The largest absolute Gasteiger partial charge is 0.467 e. The van der Waals surface area contributed by atoms with Crippen molar-refractivity contribution in [2.75, 3.05) is 6.61 Å². The molecule has 0 atom stereocenters. The number of hydrogen-bond donors (Lipinski definition) is 1. The van der Waals surface area contributed by atoms with Crippen molar-refractivity contribution in [2.24, 2.45) is 0 Å². The van der Waals surface area contributed by atoms with Crippen molar-refractivity contribution in [3.8, 4) is 0 Å². The van der Waals surface area contributed by atoms with Gasteiger partial charge in [-0.3, -0.25) is 4.79 Å². The quantitative estimate of drug-likeness (QED) is 0.609. The number of nitrogens with one attached hydrogen (secondary N) is 1. The molecular formula is C11H14FNO2. The Morgan fingerprint density at radius 3 is 2.93 bits per heavy atom. The molecule has 3 nitrogen and oxygen atoms in total. The average molecular weight is 211 g/mol. The number of fused-ring (bicyclic) bond motifs is 1. The number of carbonyl (C=O) groups excluding carboxylic acids is 1. The number of carbonyl (C=O) groups is 1. The van der Waals surface area contributed by atoms with Gasteiger partial charge in [-0.15, -0.1) is 0 Å². The van der Waals surface area contributed by atoms with Gasteiger partial charge >= 0.3 is 0 Å². The summed E-state index contributed by atoms with van der Waals surface area (Å²) in [4.78, 5) is 13.0. The van der Waals surface area contributed by atoms with E-state index in [0.717, 1.165) is 36.9 Å². The van der Waals surface area contributed by atoms with Crippen LogP contribution in [-0.4, -0.2) is 18.1 Å². The zero-order valence-electron chi connectivity index (χ0n) is 8.51. The molecule has 1 aromatic rings. The summed E-state index contributed by atoms with van der Waals surface area (Å²) in [6.07, 6.45) is 4.37. The Morgan fingerprint density at radius 2 is 2.20 bits per heavy atom. The van der Waals surface area contributed by atoms with E-state index in [1.807, 2.05) is 0 Å². The van der Waals surface area contributed by atoms with Crippen molar-refractivity contribution in [2.45, 2.75) is 32.1 Å². The maximum Gasteiger partial charge on any atom is 0.293 e. The predicted octanol–water partition coefficient (Wildman–Crippen LogP) is 1.75. The highest BCUT2D eigenvalue weighted by molar-refractivity contribution is 5.37. The lowest BCUT2D eigenvalue weighted by Crippen LogP contribution is -2.01. The molecule has 0 bridgehead atoms. The summed E-state index contributed by atoms with van der Waals surface area (Å²) < 4.78 is 18.3. The van der Waals surface area contributed by atoms with Gasteiger partial charge in [-0.2, -0.15) is 0 Å². The third-order valence-electron chi connectivity index (χ3n) is 2.84. The molecule has 0 aliphatic heterocycles. The molecule has 1 aromatic heterocycles. The van der Waals surface area contributed by atoms with Crippen molar-refractivity contribution in [3.63, 3.8) is 0 Å². The van der Waals surface area contributed by atoms with Crippen molar-refractivity contribution in [1.29, 1.82) is 0 Å². The zero-order chi connectivity index (χ0) is 10.7. The van der Waals surface area contributed by atoms with E-state index in [1.165, 1.54) is 0 Å². The van der Waals surface area contributed by atoms with Crippen LogP contribution in [-0.2, 0) is 28.8 Å². The summed E-state index contributed by atoms with van der Waals surface area (Å²) in [6.45, 7) is 0.626. The normalized spacial score (nSPS) is 14.7. The van der Waals surface area contributed by atoms with Crippen LogP contribution in [0.3, 0.4) is 0 Å². The summed E-state index contributed by atoms with van der Waals surface area (Å²) in [5, 5.41) is 0. The summed E-state index contributed by atoms with van der Waals surface area (Å²) in [6, 6.07) is 0. The molecule has 1 aliphatic rings. The minimum atomic E-state index is -0.126. The maximum absolute atomic E-state index is 13.8. The fraction of sp³-hybridized carbons (Fsp3) is 0.545. The van der Waals surface area contributed by atoms with E-state index in [2.05, 4.69) is 9.72 Å². The second-order valence-electron chi connectivity index (χ2n) is 3.80. The Hall–Kier alpha value is -1.32. The summed E-state index contributed by atoms with van der Waals surface area (Å²) >= 11 is 0. The molecule has 0 saturated heterocycles. The molecule has 0 radical (unpaired) electrons. The first kappa shape index (κ1) is 10.2. The van der Waals surface area contributed by atoms with Gasteiger partial charge in [-0.25, -0.2) is 4.39 Å². The second kappa shape index (κ2) is 4.47. The van der Waals surface area contributed by atoms with E-state index in [-0.39, 0.29) is 12.4 Å². The third-order valence-corrected chi connectivity index (χ3v) is 2.84. The van der Waals surface area contributed by atoms with Crippen LogP contribution in [0.5, 0.6) is 0 Å². The minimum Gasteiger partial charge on any atom is -0.467 e. The monoisotopic (exact) mass is 211 g/mol. The van der Waals surface area contributed by atoms with Gasteiger partial charge in [0.1, 0.15) is 5.82 Å². The number of hydrogen-bond acceptors (Lipinski definition) is 2. The fourth-order valence-corrected chi connectivity index (χ4v) is 2.09. The number of aromatic amines is 1. The van der Waals surface area contributed by atoms with Crippen LogP contribution in [0.15, 0.2) is 0 Å². The molecule has 1 N–H and O–H groups in total. The zero-order valence-corrected chi connectivity index (χ0v) is 8.51. The van der Waals surface area contributed by atoms with Crippen LogP contribution >= 0.6 is 0 Å². The fourth-order valence-electron chi connectivity index (χ4n) is 2.09. The smallest absolute Gasteiger partial charge is 0.293 e. The van der Waals surface area contributed by atoms with Gasteiger partial charge in [0.15, 0.2) is 0 Å². The summed E-state index contributed by atoms with van der Waals surface area (Å²) in [5.74, 6) is -0.126. The summed E-state index contributed by atoms with van der Waals surface area (Å²) in [5.41, 5.74) is 2.44. The highest BCUT2D eigenvalue weighted by atomic mass is 19.1. The van der Waals surface area contributed by atoms with Crippen molar-refractivity contribution >= 4 is 6.47 Å². The lowest BCUT2D eigenvalue weighted by molar-refractivity contribution is -0.128. The molecule has 15 heavy (non-hydrogen) atoms. The lowest BCUT2D eigenvalue weighted by atomic mass is 9.98. The molecule has 0 aromatic carbocycles. The number of rotatable bonds is 4. The van der Waals surface area contributed by atoms with Crippen molar-refractivity contribution in [1.82, 2.24) is 4.98 Å². The SMILES string of the molecule is O=COCCc1[nH]c2c(c1F)CCCC2. The molecule has 1 heterocycles. The van der Waals surface area contributed by atoms with Gasteiger partial charge in [-0.05, 0) is 25.7 Å². The van der Waals surface area contributed by atoms with E-state index < -0.39 is 0 Å². The van der Waals surface area contributed by atoms with Crippen LogP contribution in [0.1, 0.15) is 29.8 Å². The van der Waals surface area contributed by atoms with E-state index >= 15 is 0 Å². The van der Waals surface area contributed by atoms with Crippen molar-refractivity contribution < 1.29 is 13.9 Å². The first-order valence-electron chi connectivity index (χ1n) is 5.26. The molecule has 0 saturated carbocycles. The number of H-pyrrole nitrogens is 1. The highest BCUT2D eigenvalue weighted by Gasteiger charge is 2.19. The van der Waals surface area contributed by atoms with Crippen LogP contribution in [0.2, 0.25) is 0 Å². The van der Waals surface area contributed by atoms with Gasteiger partial charge in [0.05, 0.1) is 12.3 Å². The van der Waals surface area contributed by atoms with E-state index in [4.69, 9.17) is 0 Å². The minimum absolute atomic E-state index is 0.126. The van der Waals surface area contributed by atoms with Crippen LogP contribution < -0.4 is 0 Å². The Bertz CT molecular complexity index is 360. The van der Waals surface area contributed by atoms with Gasteiger partial charge in [0, 0.05) is 17.7 Å². The number of ether oxygens (including phenoxy) is 1. The predicted molar refractivity (Wildman–Crippen MR) is 53.1 cm³/mol. The van der Waals surface area contributed by atoms with E-state index in [1.54, 1.807) is 0 Å². The van der Waals surface area contributed by atoms with Crippen molar-refractivity contribution in [3.05, 3.63) is 22.8 Å². The Kier molecular flexibility index (Phi) is 3.04. The van der Waals surface area contributed by atoms with Crippen LogP contribution in [0, 0.1) is 5.82 Å². The standard InChI is InChI=1S/C11H14FNO2/c12-11-8-3-1-2-4-9(8)13-10(11)5-6-15-7-14/h7,13H,1-6H2. The molecular weight excluding hydrogens is 197 g/mol. The van der Waals surface area contributed by atoms with Crippen LogP contribution in [0.25, 0.3) is 0 Å². The topological polar surface area (TPSA) is 42.1 Å². The first-order chi connectivity index (χ1) is 7.33. The second-order valence-corrected chi connectivity index (χ2v) is 3.80. The molecule has 1 aliphatic carbocycles.